The van der Waals surface area contributed by atoms with E-state index in [1.165, 1.54) is 6.92 Å². The Morgan fingerprint density at radius 2 is 2.23 bits per heavy atom. The molecule has 2 aromatic heterocycles. The minimum absolute atomic E-state index is 0.00212. The second kappa shape index (κ2) is 5.76. The molecule has 4 nitrogen and oxygen atoms in total. The first-order valence-electron chi connectivity index (χ1n) is 7.52. The SMILES string of the molecule is CC(=O)c1cnn2cc(CCCN3CCC(F)(F)C3)ccc12. The number of nitrogens with zero attached hydrogens (tertiary/aromatic N) is 3. The number of aryl methyl sites for hydroxylation is 1. The van der Waals surface area contributed by atoms with Crippen molar-refractivity contribution >= 4 is 11.3 Å². The van der Waals surface area contributed by atoms with Crippen LogP contribution < -0.4 is 0 Å². The van der Waals surface area contributed by atoms with Crippen molar-refractivity contribution in [1.29, 1.82) is 0 Å². The van der Waals surface area contributed by atoms with Gasteiger partial charge >= 0.3 is 0 Å². The van der Waals surface area contributed by atoms with Crippen molar-refractivity contribution in [3.05, 3.63) is 35.7 Å². The first-order chi connectivity index (χ1) is 10.4. The second-order valence-corrected chi connectivity index (χ2v) is 5.97. The smallest absolute Gasteiger partial charge is 0.261 e. The number of Topliss-reactive ketones (excluding diaryl/α,β-unsaturated/α-hetero) is 1. The van der Waals surface area contributed by atoms with Gasteiger partial charge in [0, 0.05) is 19.2 Å². The van der Waals surface area contributed by atoms with Crippen molar-refractivity contribution in [1.82, 2.24) is 14.5 Å². The molecular weight excluding hydrogens is 288 g/mol. The zero-order valence-corrected chi connectivity index (χ0v) is 12.6. The molecule has 1 aliphatic rings. The lowest BCUT2D eigenvalue weighted by Crippen LogP contribution is -2.26. The van der Waals surface area contributed by atoms with Crippen LogP contribution in [0, 0.1) is 0 Å². The highest BCUT2D eigenvalue weighted by Gasteiger charge is 2.37. The van der Waals surface area contributed by atoms with Crippen LogP contribution in [0.1, 0.15) is 35.7 Å². The number of ketones is 1. The Bertz CT molecular complexity index is 696. The number of carbonyl (C=O) groups excluding carboxylic acids is 1. The van der Waals surface area contributed by atoms with Crippen molar-refractivity contribution in [2.45, 2.75) is 32.1 Å². The Labute approximate surface area is 127 Å². The van der Waals surface area contributed by atoms with Crippen LogP contribution >= 0.6 is 0 Å². The van der Waals surface area contributed by atoms with E-state index in [4.69, 9.17) is 0 Å². The first kappa shape index (κ1) is 15.1. The molecular formula is C16H19F2N3O. The van der Waals surface area contributed by atoms with Gasteiger partial charge in [0.25, 0.3) is 5.92 Å². The Morgan fingerprint density at radius 1 is 1.41 bits per heavy atom. The van der Waals surface area contributed by atoms with Crippen LogP contribution in [0.4, 0.5) is 8.78 Å². The number of pyridine rings is 1. The van der Waals surface area contributed by atoms with Crippen LogP contribution in [-0.2, 0) is 6.42 Å². The molecule has 22 heavy (non-hydrogen) atoms. The number of rotatable bonds is 5. The lowest BCUT2D eigenvalue weighted by Gasteiger charge is -2.15. The third kappa shape index (κ3) is 3.16. The number of hydrogen-bond donors (Lipinski definition) is 0. The molecule has 3 heterocycles. The average molecular weight is 307 g/mol. The van der Waals surface area contributed by atoms with Gasteiger partial charge in [0.05, 0.1) is 23.8 Å². The fraction of sp³-hybridized carbons (Fsp3) is 0.500. The number of hydrogen-bond acceptors (Lipinski definition) is 3. The first-order valence-corrected chi connectivity index (χ1v) is 7.52. The maximum Gasteiger partial charge on any atom is 0.261 e. The highest BCUT2D eigenvalue weighted by molar-refractivity contribution is 6.00. The zero-order chi connectivity index (χ0) is 15.7. The molecule has 0 bridgehead atoms. The third-order valence-electron chi connectivity index (χ3n) is 4.15. The quantitative estimate of drug-likeness (QED) is 0.797. The molecule has 6 heteroatoms. The van der Waals surface area contributed by atoms with Crippen LogP contribution in [-0.4, -0.2) is 45.9 Å². The van der Waals surface area contributed by atoms with E-state index in [9.17, 15) is 13.6 Å². The largest absolute Gasteiger partial charge is 0.297 e. The maximum atomic E-state index is 13.1. The summed E-state index contributed by atoms with van der Waals surface area (Å²) < 4.78 is 27.9. The van der Waals surface area contributed by atoms with Crippen LogP contribution in [0.5, 0.6) is 0 Å². The number of aromatic nitrogens is 2. The number of alkyl halides is 2. The summed E-state index contributed by atoms with van der Waals surface area (Å²) in [6.07, 6.45) is 5.10. The van der Waals surface area contributed by atoms with Crippen LogP contribution in [0.2, 0.25) is 0 Å². The summed E-state index contributed by atoms with van der Waals surface area (Å²) in [7, 11) is 0. The molecule has 0 N–H and O–H groups in total. The van der Waals surface area contributed by atoms with E-state index in [0.29, 0.717) is 18.7 Å². The van der Waals surface area contributed by atoms with E-state index < -0.39 is 5.92 Å². The van der Waals surface area contributed by atoms with Crippen molar-refractivity contribution in [2.24, 2.45) is 0 Å². The molecule has 3 rings (SSSR count). The molecule has 0 radical (unpaired) electrons. The van der Waals surface area contributed by atoms with Gasteiger partial charge in [-0.1, -0.05) is 6.07 Å². The molecule has 0 spiro atoms. The predicted molar refractivity (Wildman–Crippen MR) is 79.5 cm³/mol. The summed E-state index contributed by atoms with van der Waals surface area (Å²) in [6.45, 7) is 2.57. The highest BCUT2D eigenvalue weighted by Crippen LogP contribution is 2.26. The van der Waals surface area contributed by atoms with Gasteiger partial charge in [0.2, 0.25) is 0 Å². The summed E-state index contributed by atoms with van der Waals surface area (Å²) in [4.78, 5) is 13.3. The van der Waals surface area contributed by atoms with Crippen LogP contribution in [0.25, 0.3) is 5.52 Å². The number of fused-ring (bicyclic) bond motifs is 1. The van der Waals surface area contributed by atoms with Crippen LogP contribution in [0.15, 0.2) is 24.5 Å². The van der Waals surface area contributed by atoms with E-state index >= 15 is 0 Å². The van der Waals surface area contributed by atoms with Crippen molar-refractivity contribution in [3.63, 3.8) is 0 Å². The zero-order valence-electron chi connectivity index (χ0n) is 12.6. The van der Waals surface area contributed by atoms with Gasteiger partial charge < -0.3 is 0 Å². The number of carbonyl (C=O) groups is 1. The normalized spacial score (nSPS) is 18.1. The molecule has 1 aliphatic heterocycles. The third-order valence-corrected chi connectivity index (χ3v) is 4.15. The standard InChI is InChI=1S/C16H19F2N3O/c1-12(22)14-9-19-21-10-13(4-5-15(14)21)3-2-7-20-8-6-16(17,18)11-20/h4-5,9-10H,2-3,6-8,11H2,1H3. The Hall–Kier alpha value is -1.82. The summed E-state index contributed by atoms with van der Waals surface area (Å²) in [6, 6.07) is 3.87. The van der Waals surface area contributed by atoms with Gasteiger partial charge in [-0.3, -0.25) is 9.69 Å². The topological polar surface area (TPSA) is 37.6 Å². The van der Waals surface area contributed by atoms with Gasteiger partial charge in [0.1, 0.15) is 0 Å². The van der Waals surface area contributed by atoms with E-state index in [-0.39, 0.29) is 18.7 Å². The summed E-state index contributed by atoms with van der Waals surface area (Å²) in [5.74, 6) is -2.52. The maximum absolute atomic E-state index is 13.1. The minimum Gasteiger partial charge on any atom is -0.297 e. The summed E-state index contributed by atoms with van der Waals surface area (Å²) in [5.41, 5.74) is 2.51. The van der Waals surface area contributed by atoms with Gasteiger partial charge in [-0.15, -0.1) is 0 Å². The van der Waals surface area contributed by atoms with Gasteiger partial charge in [-0.05, 0) is 37.9 Å². The fourth-order valence-corrected chi connectivity index (χ4v) is 2.95. The molecule has 0 aromatic carbocycles. The van der Waals surface area contributed by atoms with E-state index in [1.807, 2.05) is 23.2 Å². The predicted octanol–water partition coefficient (Wildman–Crippen LogP) is 2.81. The van der Waals surface area contributed by atoms with E-state index in [0.717, 1.165) is 23.9 Å². The molecule has 0 amide bonds. The fourth-order valence-electron chi connectivity index (χ4n) is 2.95. The summed E-state index contributed by atoms with van der Waals surface area (Å²) >= 11 is 0. The second-order valence-electron chi connectivity index (χ2n) is 5.97. The summed E-state index contributed by atoms with van der Waals surface area (Å²) in [5, 5.41) is 4.19. The molecule has 0 unspecified atom stereocenters. The number of halogens is 2. The number of likely N-dealkylation sites (tertiary alicyclic amines) is 1. The lowest BCUT2D eigenvalue weighted by molar-refractivity contribution is 0.0122. The molecule has 0 aliphatic carbocycles. The lowest BCUT2D eigenvalue weighted by atomic mass is 10.1. The van der Waals surface area contributed by atoms with Crippen LogP contribution in [0.3, 0.4) is 0 Å². The van der Waals surface area contributed by atoms with Gasteiger partial charge in [-0.25, -0.2) is 13.3 Å². The van der Waals surface area contributed by atoms with E-state index in [1.54, 1.807) is 10.7 Å². The molecule has 118 valence electrons. The molecule has 0 saturated carbocycles. The van der Waals surface area contributed by atoms with Crippen molar-refractivity contribution < 1.29 is 13.6 Å². The van der Waals surface area contributed by atoms with Crippen molar-refractivity contribution in [3.8, 4) is 0 Å². The highest BCUT2D eigenvalue weighted by atomic mass is 19.3. The average Bonchev–Trinajstić information content (AvgIpc) is 3.01. The molecule has 2 aromatic rings. The minimum atomic E-state index is -2.52. The van der Waals surface area contributed by atoms with Gasteiger partial charge in [0.15, 0.2) is 5.78 Å². The Morgan fingerprint density at radius 3 is 2.91 bits per heavy atom. The Kier molecular flexibility index (Phi) is 3.95. The Balaban J connectivity index is 1.59. The molecule has 1 fully saturated rings. The van der Waals surface area contributed by atoms with E-state index in [2.05, 4.69) is 5.10 Å². The monoisotopic (exact) mass is 307 g/mol. The van der Waals surface area contributed by atoms with Crippen molar-refractivity contribution in [2.75, 3.05) is 19.6 Å². The molecule has 1 saturated heterocycles. The van der Waals surface area contributed by atoms with Gasteiger partial charge in [-0.2, -0.15) is 5.10 Å². The molecule has 0 atom stereocenters.